The second kappa shape index (κ2) is 6.62. The molecule has 2 aromatic rings. The zero-order valence-electron chi connectivity index (χ0n) is 12.3. The molecule has 0 saturated carbocycles. The summed E-state index contributed by atoms with van der Waals surface area (Å²) in [4.78, 5) is 23.6. The molecule has 0 aliphatic heterocycles. The molecule has 0 aliphatic carbocycles. The van der Waals surface area contributed by atoms with Crippen LogP contribution >= 0.6 is 0 Å². The molecule has 0 heterocycles. The van der Waals surface area contributed by atoms with Gasteiger partial charge in [0, 0.05) is 11.8 Å². The Morgan fingerprint density at radius 3 is 2.04 bits per heavy atom. The van der Waals surface area contributed by atoms with Crippen LogP contribution in [-0.4, -0.2) is 31.7 Å². The molecule has 0 fully saturated rings. The first kappa shape index (κ1) is 16.7. The highest BCUT2D eigenvalue weighted by Crippen LogP contribution is 2.15. The van der Waals surface area contributed by atoms with E-state index in [1.165, 1.54) is 24.3 Å². The number of carbonyl (C=O) groups is 2. The zero-order valence-corrected chi connectivity index (χ0v) is 13.1. The lowest BCUT2D eigenvalue weighted by Crippen LogP contribution is -2.33. The SMILES string of the molecule is CS(=O)(=O)c1ccc(C(=O)NC(C(=O)O)c2ccccc2)cc1. The fourth-order valence-corrected chi connectivity index (χ4v) is 2.63. The van der Waals surface area contributed by atoms with Crippen molar-refractivity contribution in [2.45, 2.75) is 10.9 Å². The summed E-state index contributed by atoms with van der Waals surface area (Å²) in [6, 6.07) is 12.4. The lowest BCUT2D eigenvalue weighted by Gasteiger charge is -2.15. The van der Waals surface area contributed by atoms with E-state index in [0.717, 1.165) is 6.26 Å². The van der Waals surface area contributed by atoms with Gasteiger partial charge in [-0.2, -0.15) is 0 Å². The largest absolute Gasteiger partial charge is 0.479 e. The average Bonchev–Trinajstić information content (AvgIpc) is 2.52. The maximum Gasteiger partial charge on any atom is 0.330 e. The fraction of sp³-hybridized carbons (Fsp3) is 0.125. The van der Waals surface area contributed by atoms with Crippen LogP contribution in [0.4, 0.5) is 0 Å². The lowest BCUT2D eigenvalue weighted by atomic mass is 10.1. The third-order valence-corrected chi connectivity index (χ3v) is 4.33. The number of aliphatic carboxylic acids is 1. The van der Waals surface area contributed by atoms with E-state index >= 15 is 0 Å². The summed E-state index contributed by atoms with van der Waals surface area (Å²) in [5.74, 6) is -1.78. The Hall–Kier alpha value is -2.67. The Bertz CT molecular complexity index is 813. The van der Waals surface area contributed by atoms with Gasteiger partial charge in [-0.25, -0.2) is 13.2 Å². The summed E-state index contributed by atoms with van der Waals surface area (Å²) >= 11 is 0. The predicted octanol–water partition coefficient (Wildman–Crippen LogP) is 1.65. The Morgan fingerprint density at radius 1 is 1.00 bits per heavy atom. The van der Waals surface area contributed by atoms with Crippen molar-refractivity contribution in [3.63, 3.8) is 0 Å². The van der Waals surface area contributed by atoms with Crippen molar-refractivity contribution in [2.24, 2.45) is 0 Å². The molecule has 0 spiro atoms. The molecular weight excluding hydrogens is 318 g/mol. The molecule has 2 rings (SSSR count). The van der Waals surface area contributed by atoms with Gasteiger partial charge in [0.05, 0.1) is 4.90 Å². The minimum absolute atomic E-state index is 0.0897. The number of carboxylic acids is 1. The number of sulfone groups is 1. The Morgan fingerprint density at radius 2 is 1.57 bits per heavy atom. The van der Waals surface area contributed by atoms with Crippen molar-refractivity contribution in [1.82, 2.24) is 5.32 Å². The molecular formula is C16H15NO5S. The highest BCUT2D eigenvalue weighted by Gasteiger charge is 2.22. The number of nitrogens with one attached hydrogen (secondary N) is 1. The minimum atomic E-state index is -3.35. The molecule has 0 aliphatic rings. The number of amides is 1. The molecule has 2 aromatic carbocycles. The van der Waals surface area contributed by atoms with Gasteiger partial charge >= 0.3 is 5.97 Å². The standard InChI is InChI=1S/C16H15NO5S/c1-23(21,22)13-9-7-12(8-10-13)15(18)17-14(16(19)20)11-5-3-2-4-6-11/h2-10,14H,1H3,(H,17,18)(H,19,20). The number of hydrogen-bond donors (Lipinski definition) is 2. The van der Waals surface area contributed by atoms with E-state index in [1.54, 1.807) is 30.3 Å². The van der Waals surface area contributed by atoms with Crippen LogP contribution in [0.25, 0.3) is 0 Å². The molecule has 1 atom stereocenters. The van der Waals surface area contributed by atoms with Crippen molar-refractivity contribution in [1.29, 1.82) is 0 Å². The van der Waals surface area contributed by atoms with Crippen molar-refractivity contribution >= 4 is 21.7 Å². The molecule has 7 heteroatoms. The van der Waals surface area contributed by atoms with E-state index in [1.807, 2.05) is 0 Å². The van der Waals surface area contributed by atoms with Crippen LogP contribution in [0.3, 0.4) is 0 Å². The third-order valence-electron chi connectivity index (χ3n) is 3.20. The normalized spacial score (nSPS) is 12.4. The van der Waals surface area contributed by atoms with Gasteiger partial charge in [0.1, 0.15) is 0 Å². The van der Waals surface area contributed by atoms with Crippen LogP contribution in [0.5, 0.6) is 0 Å². The van der Waals surface area contributed by atoms with Gasteiger partial charge in [-0.15, -0.1) is 0 Å². The average molecular weight is 333 g/mol. The van der Waals surface area contributed by atoms with Gasteiger partial charge in [-0.3, -0.25) is 4.79 Å². The molecule has 1 amide bonds. The summed E-state index contributed by atoms with van der Waals surface area (Å²) in [5, 5.41) is 11.7. The van der Waals surface area contributed by atoms with Crippen molar-refractivity contribution in [3.05, 3.63) is 65.7 Å². The first-order valence-electron chi connectivity index (χ1n) is 6.68. The predicted molar refractivity (Wildman–Crippen MR) is 83.8 cm³/mol. The minimum Gasteiger partial charge on any atom is -0.479 e. The summed E-state index contributed by atoms with van der Waals surface area (Å²) < 4.78 is 22.8. The van der Waals surface area contributed by atoms with Gasteiger partial charge in [0.15, 0.2) is 15.9 Å². The summed E-state index contributed by atoms with van der Waals surface area (Å²) in [6.07, 6.45) is 1.07. The maximum atomic E-state index is 12.2. The Kier molecular flexibility index (Phi) is 4.80. The third kappa shape index (κ3) is 4.17. The summed E-state index contributed by atoms with van der Waals surface area (Å²) in [6.45, 7) is 0. The first-order chi connectivity index (χ1) is 10.8. The van der Waals surface area contributed by atoms with Crippen LogP contribution in [0.15, 0.2) is 59.5 Å². The van der Waals surface area contributed by atoms with Crippen molar-refractivity contribution in [3.8, 4) is 0 Å². The van der Waals surface area contributed by atoms with E-state index in [2.05, 4.69) is 5.32 Å². The van der Waals surface area contributed by atoms with Crippen LogP contribution in [0.1, 0.15) is 22.0 Å². The molecule has 23 heavy (non-hydrogen) atoms. The van der Waals surface area contributed by atoms with Crippen LogP contribution < -0.4 is 5.32 Å². The monoisotopic (exact) mass is 333 g/mol. The molecule has 1 unspecified atom stereocenters. The maximum absolute atomic E-state index is 12.2. The fourth-order valence-electron chi connectivity index (χ4n) is 2.00. The molecule has 0 aromatic heterocycles. The zero-order chi connectivity index (χ0) is 17.0. The molecule has 2 N–H and O–H groups in total. The van der Waals surface area contributed by atoms with Gasteiger partial charge in [-0.1, -0.05) is 30.3 Å². The molecule has 0 bridgehead atoms. The number of benzene rings is 2. The van der Waals surface area contributed by atoms with Crippen molar-refractivity contribution < 1.29 is 23.1 Å². The van der Waals surface area contributed by atoms with E-state index in [9.17, 15) is 23.1 Å². The van der Waals surface area contributed by atoms with Crippen LogP contribution in [-0.2, 0) is 14.6 Å². The van der Waals surface area contributed by atoms with Crippen LogP contribution in [0, 0.1) is 0 Å². The number of carboxylic acid groups (broad SMARTS) is 1. The Labute approximate surface area is 133 Å². The van der Waals surface area contributed by atoms with E-state index in [4.69, 9.17) is 0 Å². The van der Waals surface area contributed by atoms with Gasteiger partial charge in [-0.05, 0) is 29.8 Å². The van der Waals surface area contributed by atoms with Crippen LogP contribution in [0.2, 0.25) is 0 Å². The summed E-state index contributed by atoms with van der Waals surface area (Å²) in [5.41, 5.74) is 0.626. The van der Waals surface area contributed by atoms with Gasteiger partial charge in [0.2, 0.25) is 0 Å². The van der Waals surface area contributed by atoms with Gasteiger partial charge < -0.3 is 10.4 Å². The summed E-state index contributed by atoms with van der Waals surface area (Å²) in [7, 11) is -3.35. The molecule has 0 radical (unpaired) electrons. The number of carbonyl (C=O) groups excluding carboxylic acids is 1. The quantitative estimate of drug-likeness (QED) is 0.866. The molecule has 120 valence electrons. The second-order valence-corrected chi connectivity index (χ2v) is 6.97. The Balaban J connectivity index is 2.21. The van der Waals surface area contributed by atoms with E-state index in [0.29, 0.717) is 5.56 Å². The molecule has 6 nitrogen and oxygen atoms in total. The smallest absolute Gasteiger partial charge is 0.330 e. The van der Waals surface area contributed by atoms with E-state index in [-0.39, 0.29) is 10.5 Å². The molecule has 0 saturated heterocycles. The number of rotatable bonds is 5. The second-order valence-electron chi connectivity index (χ2n) is 4.95. The van der Waals surface area contributed by atoms with E-state index < -0.39 is 27.8 Å². The first-order valence-corrected chi connectivity index (χ1v) is 8.57. The topological polar surface area (TPSA) is 101 Å². The lowest BCUT2D eigenvalue weighted by molar-refractivity contribution is -0.139. The highest BCUT2D eigenvalue weighted by atomic mass is 32.2. The highest BCUT2D eigenvalue weighted by molar-refractivity contribution is 7.90. The number of hydrogen-bond acceptors (Lipinski definition) is 4. The van der Waals surface area contributed by atoms with Crippen molar-refractivity contribution in [2.75, 3.05) is 6.26 Å². The van der Waals surface area contributed by atoms with Gasteiger partial charge in [0.25, 0.3) is 5.91 Å².